The van der Waals surface area contributed by atoms with E-state index in [0.29, 0.717) is 28.0 Å². The van der Waals surface area contributed by atoms with Crippen LogP contribution < -0.4 is 16.4 Å². The number of primary amides is 1. The van der Waals surface area contributed by atoms with Gasteiger partial charge in [-0.3, -0.25) is 4.79 Å². The third kappa shape index (κ3) is 6.93. The van der Waals surface area contributed by atoms with Gasteiger partial charge in [0.2, 0.25) is 5.91 Å². The van der Waals surface area contributed by atoms with Crippen molar-refractivity contribution in [1.29, 1.82) is 0 Å². The first-order valence-corrected chi connectivity index (χ1v) is 13.7. The minimum absolute atomic E-state index is 0.166. The van der Waals surface area contributed by atoms with Gasteiger partial charge in [-0.1, -0.05) is 61.2 Å². The van der Waals surface area contributed by atoms with E-state index in [1.54, 1.807) is 12.1 Å². The van der Waals surface area contributed by atoms with Crippen LogP contribution in [-0.4, -0.2) is 48.5 Å². The Kier molecular flexibility index (Phi) is 9.15. The third-order valence-electron chi connectivity index (χ3n) is 7.34. The zero-order valence-corrected chi connectivity index (χ0v) is 22.7. The number of anilines is 1. The monoisotopic (exact) mass is 529 g/mol. The van der Waals surface area contributed by atoms with E-state index in [9.17, 15) is 4.79 Å². The molecule has 4 N–H and O–H groups in total. The quantitative estimate of drug-likeness (QED) is 0.334. The van der Waals surface area contributed by atoms with Gasteiger partial charge in [-0.2, -0.15) is 0 Å². The number of halogens is 2. The number of guanidine groups is 1. The Morgan fingerprint density at radius 1 is 1.17 bits per heavy atom. The van der Waals surface area contributed by atoms with Gasteiger partial charge >= 0.3 is 0 Å². The molecule has 6 nitrogen and oxygen atoms in total. The fourth-order valence-electron chi connectivity index (χ4n) is 5.28. The average molecular weight is 531 g/mol. The Hall–Kier alpha value is -2.28. The van der Waals surface area contributed by atoms with Crippen LogP contribution in [0.25, 0.3) is 0 Å². The minimum atomic E-state index is -0.378. The predicted molar refractivity (Wildman–Crippen MR) is 150 cm³/mol. The van der Waals surface area contributed by atoms with Crippen LogP contribution in [0.1, 0.15) is 63.0 Å². The molecular weight excluding hydrogens is 493 g/mol. The van der Waals surface area contributed by atoms with Gasteiger partial charge in [0, 0.05) is 53.7 Å². The standard InChI is InChI=1S/C28H37Cl2N5O/c1-18-5-3-4-6-26(18)34-28(35-14-13-32-19(2)17-35)33-22-10-7-20(8-11-22)24(16-27(31)36)23-12-9-21(29)15-25(23)30/h7-12,15,18-19,24,26,32H,3-6,13-14,16-17H2,1-2H3,(H2,31,36)(H,33,34)/t18?,19-,24?,26?/m1/s1. The number of benzene rings is 2. The van der Waals surface area contributed by atoms with E-state index in [-0.39, 0.29) is 18.2 Å². The Labute approximate surface area is 224 Å². The zero-order valence-electron chi connectivity index (χ0n) is 21.1. The summed E-state index contributed by atoms with van der Waals surface area (Å²) in [6.07, 6.45) is 5.09. The Morgan fingerprint density at radius 3 is 2.58 bits per heavy atom. The molecule has 194 valence electrons. The van der Waals surface area contributed by atoms with Crippen LogP contribution >= 0.6 is 23.2 Å². The second-order valence-corrected chi connectivity index (χ2v) is 11.1. The van der Waals surface area contributed by atoms with Gasteiger partial charge < -0.3 is 21.3 Å². The number of aliphatic imine (C=N–C) groups is 1. The second kappa shape index (κ2) is 12.3. The summed E-state index contributed by atoms with van der Waals surface area (Å²) >= 11 is 12.6. The largest absolute Gasteiger partial charge is 0.370 e. The first kappa shape index (κ1) is 26.8. The highest BCUT2D eigenvalue weighted by atomic mass is 35.5. The van der Waals surface area contributed by atoms with E-state index >= 15 is 0 Å². The number of carbonyl (C=O) groups is 1. The number of amides is 1. The van der Waals surface area contributed by atoms with Gasteiger partial charge in [-0.15, -0.1) is 0 Å². The summed E-state index contributed by atoms with van der Waals surface area (Å²) in [4.78, 5) is 19.5. The van der Waals surface area contributed by atoms with Crippen molar-refractivity contribution in [2.75, 3.05) is 25.0 Å². The van der Waals surface area contributed by atoms with Crippen LogP contribution in [-0.2, 0) is 4.79 Å². The molecule has 36 heavy (non-hydrogen) atoms. The Balaban J connectivity index is 1.58. The molecule has 2 aromatic rings. The van der Waals surface area contributed by atoms with Crippen molar-refractivity contribution in [3.63, 3.8) is 0 Å². The molecule has 2 fully saturated rings. The van der Waals surface area contributed by atoms with Gasteiger partial charge in [-0.25, -0.2) is 4.99 Å². The lowest BCUT2D eigenvalue weighted by Crippen LogP contribution is -2.53. The highest BCUT2D eigenvalue weighted by Gasteiger charge is 2.25. The molecular formula is C28H37Cl2N5O. The van der Waals surface area contributed by atoms with Crippen molar-refractivity contribution < 1.29 is 4.79 Å². The molecule has 1 saturated heterocycles. The maximum Gasteiger partial charge on any atom is 0.218 e. The lowest BCUT2D eigenvalue weighted by molar-refractivity contribution is -0.118. The van der Waals surface area contributed by atoms with Crippen molar-refractivity contribution in [2.45, 2.75) is 64.0 Å². The van der Waals surface area contributed by atoms with Gasteiger partial charge in [0.15, 0.2) is 5.96 Å². The SMILES string of the molecule is CC1CCCCC1N=C(Nc1ccc(C(CC(N)=O)c2ccc(Cl)cc2Cl)cc1)N1CCN[C@H](C)C1. The summed E-state index contributed by atoms with van der Waals surface area (Å²) in [5.41, 5.74) is 8.36. The molecule has 1 aliphatic heterocycles. The molecule has 4 rings (SSSR count). The highest BCUT2D eigenvalue weighted by molar-refractivity contribution is 6.35. The molecule has 1 amide bonds. The molecule has 2 aliphatic rings. The molecule has 1 aliphatic carbocycles. The minimum Gasteiger partial charge on any atom is -0.370 e. The number of piperazine rings is 1. The number of nitrogens with zero attached hydrogens (tertiary/aromatic N) is 2. The zero-order chi connectivity index (χ0) is 25.7. The summed E-state index contributed by atoms with van der Waals surface area (Å²) in [6.45, 7) is 7.31. The van der Waals surface area contributed by atoms with E-state index in [2.05, 4.69) is 29.4 Å². The van der Waals surface area contributed by atoms with Crippen molar-refractivity contribution >= 4 is 40.8 Å². The first-order chi connectivity index (χ1) is 17.3. The molecule has 8 heteroatoms. The normalized spacial score (nSPS) is 23.8. The van der Waals surface area contributed by atoms with Crippen LogP contribution in [0.15, 0.2) is 47.5 Å². The van der Waals surface area contributed by atoms with Crippen LogP contribution in [0, 0.1) is 5.92 Å². The Bertz CT molecular complexity index is 1070. The molecule has 1 heterocycles. The fraction of sp³-hybridized carbons (Fsp3) is 0.500. The fourth-order valence-corrected chi connectivity index (χ4v) is 5.82. The smallest absolute Gasteiger partial charge is 0.218 e. The topological polar surface area (TPSA) is 82.7 Å². The van der Waals surface area contributed by atoms with Gasteiger partial charge in [-0.05, 0) is 61.1 Å². The molecule has 2 aromatic carbocycles. The number of hydrogen-bond donors (Lipinski definition) is 3. The molecule has 4 atom stereocenters. The molecule has 0 spiro atoms. The maximum absolute atomic E-state index is 11.9. The number of rotatable bonds is 6. The van der Waals surface area contributed by atoms with Gasteiger partial charge in [0.25, 0.3) is 0 Å². The molecule has 0 bridgehead atoms. The highest BCUT2D eigenvalue weighted by Crippen LogP contribution is 2.35. The Morgan fingerprint density at radius 2 is 1.92 bits per heavy atom. The molecule has 3 unspecified atom stereocenters. The third-order valence-corrected chi connectivity index (χ3v) is 7.90. The van der Waals surface area contributed by atoms with E-state index in [0.717, 1.165) is 48.8 Å². The lowest BCUT2D eigenvalue weighted by atomic mass is 9.86. The van der Waals surface area contributed by atoms with Crippen molar-refractivity contribution in [2.24, 2.45) is 16.6 Å². The molecule has 0 radical (unpaired) electrons. The van der Waals surface area contributed by atoms with E-state index in [1.807, 2.05) is 30.3 Å². The van der Waals surface area contributed by atoms with Crippen molar-refractivity contribution in [1.82, 2.24) is 10.2 Å². The second-order valence-electron chi connectivity index (χ2n) is 10.2. The molecule has 0 aromatic heterocycles. The number of hydrogen-bond acceptors (Lipinski definition) is 3. The number of nitrogens with two attached hydrogens (primary N) is 1. The number of nitrogens with one attached hydrogen (secondary N) is 2. The van der Waals surface area contributed by atoms with Gasteiger partial charge in [0.05, 0.1) is 6.04 Å². The van der Waals surface area contributed by atoms with E-state index < -0.39 is 0 Å². The summed E-state index contributed by atoms with van der Waals surface area (Å²) in [6, 6.07) is 14.3. The molecule has 1 saturated carbocycles. The van der Waals surface area contributed by atoms with E-state index in [1.165, 1.54) is 19.3 Å². The summed E-state index contributed by atoms with van der Waals surface area (Å²) in [5.74, 6) is 0.921. The van der Waals surface area contributed by atoms with Crippen LogP contribution in [0.4, 0.5) is 5.69 Å². The average Bonchev–Trinajstić information content (AvgIpc) is 2.84. The predicted octanol–water partition coefficient (Wildman–Crippen LogP) is 5.64. The van der Waals surface area contributed by atoms with Crippen molar-refractivity contribution in [3.05, 3.63) is 63.6 Å². The van der Waals surface area contributed by atoms with Crippen LogP contribution in [0.3, 0.4) is 0 Å². The lowest BCUT2D eigenvalue weighted by Gasteiger charge is -2.36. The number of carbonyl (C=O) groups excluding carboxylic acids is 1. The van der Waals surface area contributed by atoms with Crippen LogP contribution in [0.2, 0.25) is 10.0 Å². The first-order valence-electron chi connectivity index (χ1n) is 13.0. The summed E-state index contributed by atoms with van der Waals surface area (Å²) < 4.78 is 0. The van der Waals surface area contributed by atoms with Crippen molar-refractivity contribution in [3.8, 4) is 0 Å². The maximum atomic E-state index is 11.9. The summed E-state index contributed by atoms with van der Waals surface area (Å²) in [7, 11) is 0. The van der Waals surface area contributed by atoms with Gasteiger partial charge in [0.1, 0.15) is 0 Å². The van der Waals surface area contributed by atoms with E-state index in [4.69, 9.17) is 33.9 Å². The van der Waals surface area contributed by atoms with Crippen LogP contribution in [0.5, 0.6) is 0 Å². The summed E-state index contributed by atoms with van der Waals surface area (Å²) in [5, 5.41) is 8.22.